The molecule has 0 atom stereocenters. The van der Waals surface area contributed by atoms with Crippen LogP contribution in [0.3, 0.4) is 0 Å². The van der Waals surface area contributed by atoms with Crippen LogP contribution in [-0.4, -0.2) is 49.6 Å². The first-order valence-corrected chi connectivity index (χ1v) is 11.3. The molecule has 1 heterocycles. The fraction of sp³-hybridized carbons (Fsp3) is 0.400. The lowest BCUT2D eigenvalue weighted by Gasteiger charge is -2.14. The Balaban J connectivity index is 2.04. The highest BCUT2D eigenvalue weighted by molar-refractivity contribution is 9.10. The van der Waals surface area contributed by atoms with Gasteiger partial charge >= 0.3 is 11.9 Å². The van der Waals surface area contributed by atoms with Crippen molar-refractivity contribution in [2.24, 2.45) is 5.10 Å². The minimum atomic E-state index is -0.461. The van der Waals surface area contributed by atoms with E-state index in [1.807, 2.05) is 6.92 Å². The predicted molar refractivity (Wildman–Crippen MR) is 121 cm³/mol. The molecule has 0 spiro atoms. The number of carbonyl (C=O) groups excluding carboxylic acids is 2. The third kappa shape index (κ3) is 8.18. The molecule has 0 unspecified atom stereocenters. The van der Waals surface area contributed by atoms with Gasteiger partial charge in [0.15, 0.2) is 18.1 Å². The van der Waals surface area contributed by atoms with Gasteiger partial charge in [0.25, 0.3) is 0 Å². The van der Waals surface area contributed by atoms with Crippen molar-refractivity contribution in [1.82, 2.24) is 4.98 Å². The van der Waals surface area contributed by atoms with Crippen LogP contribution in [0.5, 0.6) is 11.5 Å². The molecule has 0 bridgehead atoms. The Morgan fingerprint density at radius 3 is 2.58 bits per heavy atom. The average Bonchev–Trinajstić information content (AvgIpc) is 3.15. The molecule has 11 heteroatoms. The molecule has 0 amide bonds. The van der Waals surface area contributed by atoms with Crippen LogP contribution in [-0.2, 0) is 25.5 Å². The normalized spacial score (nSPS) is 10.7. The zero-order valence-corrected chi connectivity index (χ0v) is 19.9. The highest BCUT2D eigenvalue weighted by Crippen LogP contribution is 2.36. The standard InChI is InChI=1S/C20H24BrN3O6S/c1-4-27-16-8-13(7-15(21)19(16)30-11-18(26)29-6-3)10-22-24-20-23-14(12-31-20)9-17(25)28-5-2/h7-8,10,12H,4-6,9,11H2,1-3H3,(H,23,24). The summed E-state index contributed by atoms with van der Waals surface area (Å²) in [5.41, 5.74) is 4.18. The topological polar surface area (TPSA) is 108 Å². The smallest absolute Gasteiger partial charge is 0.344 e. The fourth-order valence-corrected chi connectivity index (χ4v) is 3.59. The third-order valence-electron chi connectivity index (χ3n) is 3.53. The lowest BCUT2D eigenvalue weighted by Crippen LogP contribution is -2.15. The number of hydrogen-bond donors (Lipinski definition) is 1. The molecule has 0 saturated heterocycles. The van der Waals surface area contributed by atoms with Crippen molar-refractivity contribution < 1.29 is 28.5 Å². The number of rotatable bonds is 12. The first kappa shape index (κ1) is 24.6. The fourth-order valence-electron chi connectivity index (χ4n) is 2.36. The minimum Gasteiger partial charge on any atom is -0.490 e. The molecule has 0 saturated carbocycles. The number of hydrazone groups is 1. The SMILES string of the molecule is CCOC(=O)COc1c(Br)cc(C=NNc2nc(CC(=O)OCC)cs2)cc1OCC. The van der Waals surface area contributed by atoms with Gasteiger partial charge in [-0.25, -0.2) is 9.78 Å². The zero-order chi connectivity index (χ0) is 22.6. The van der Waals surface area contributed by atoms with Crippen LogP contribution in [0, 0.1) is 0 Å². The van der Waals surface area contributed by atoms with Crippen LogP contribution in [0.2, 0.25) is 0 Å². The van der Waals surface area contributed by atoms with Gasteiger partial charge in [0.05, 0.1) is 42.6 Å². The molecule has 1 N–H and O–H groups in total. The van der Waals surface area contributed by atoms with Crippen molar-refractivity contribution in [3.8, 4) is 11.5 Å². The molecular formula is C20H24BrN3O6S. The van der Waals surface area contributed by atoms with E-state index in [2.05, 4.69) is 31.4 Å². The summed E-state index contributed by atoms with van der Waals surface area (Å²) in [4.78, 5) is 27.4. The number of halogens is 1. The second-order valence-electron chi connectivity index (χ2n) is 5.85. The van der Waals surface area contributed by atoms with Crippen molar-refractivity contribution >= 4 is 50.6 Å². The zero-order valence-electron chi connectivity index (χ0n) is 17.5. The summed E-state index contributed by atoms with van der Waals surface area (Å²) in [5, 5.41) is 6.50. The summed E-state index contributed by atoms with van der Waals surface area (Å²) in [7, 11) is 0. The maximum absolute atomic E-state index is 11.6. The van der Waals surface area contributed by atoms with Crippen LogP contribution in [0.25, 0.3) is 0 Å². The summed E-state index contributed by atoms with van der Waals surface area (Å²) >= 11 is 4.77. The molecule has 31 heavy (non-hydrogen) atoms. The van der Waals surface area contributed by atoms with Gasteiger partial charge in [-0.15, -0.1) is 11.3 Å². The van der Waals surface area contributed by atoms with Crippen LogP contribution in [0.15, 0.2) is 27.1 Å². The van der Waals surface area contributed by atoms with Crippen molar-refractivity contribution in [2.45, 2.75) is 27.2 Å². The number of aromatic nitrogens is 1. The number of hydrogen-bond acceptors (Lipinski definition) is 10. The highest BCUT2D eigenvalue weighted by atomic mass is 79.9. The van der Waals surface area contributed by atoms with Crippen molar-refractivity contribution in [2.75, 3.05) is 31.9 Å². The van der Waals surface area contributed by atoms with E-state index in [9.17, 15) is 9.59 Å². The minimum absolute atomic E-state index is 0.119. The first-order chi connectivity index (χ1) is 15.0. The Labute approximate surface area is 192 Å². The van der Waals surface area contributed by atoms with Gasteiger partial charge in [-0.2, -0.15) is 5.10 Å². The lowest BCUT2D eigenvalue weighted by molar-refractivity contribution is -0.145. The number of thiazole rings is 1. The van der Waals surface area contributed by atoms with E-state index in [4.69, 9.17) is 18.9 Å². The molecule has 0 fully saturated rings. The lowest BCUT2D eigenvalue weighted by atomic mass is 10.2. The quantitative estimate of drug-likeness (QED) is 0.259. The first-order valence-electron chi connectivity index (χ1n) is 9.60. The summed E-state index contributed by atoms with van der Waals surface area (Å²) in [6.45, 7) is 6.16. The second kappa shape index (κ2) is 12.9. The monoisotopic (exact) mass is 513 g/mol. The number of ether oxygens (including phenoxy) is 4. The summed E-state index contributed by atoms with van der Waals surface area (Å²) in [6, 6.07) is 3.52. The summed E-state index contributed by atoms with van der Waals surface area (Å²) in [6.07, 6.45) is 1.71. The van der Waals surface area contributed by atoms with Gasteiger partial charge in [0.1, 0.15) is 0 Å². The van der Waals surface area contributed by atoms with Gasteiger partial charge < -0.3 is 18.9 Å². The predicted octanol–water partition coefficient (Wildman–Crippen LogP) is 3.80. The average molecular weight is 514 g/mol. The Bertz CT molecular complexity index is 918. The largest absolute Gasteiger partial charge is 0.490 e. The molecule has 1 aromatic carbocycles. The van der Waals surface area contributed by atoms with Gasteiger partial charge in [0, 0.05) is 5.38 Å². The van der Waals surface area contributed by atoms with Crippen LogP contribution >= 0.6 is 27.3 Å². The molecule has 9 nitrogen and oxygen atoms in total. The van der Waals surface area contributed by atoms with Crippen LogP contribution in [0.4, 0.5) is 5.13 Å². The molecule has 0 aliphatic carbocycles. The van der Waals surface area contributed by atoms with E-state index in [1.54, 1.807) is 37.6 Å². The van der Waals surface area contributed by atoms with E-state index < -0.39 is 5.97 Å². The summed E-state index contributed by atoms with van der Waals surface area (Å²) in [5.74, 6) is 0.0935. The Kier molecular flexibility index (Phi) is 10.2. The number of carbonyl (C=O) groups is 2. The summed E-state index contributed by atoms with van der Waals surface area (Å²) < 4.78 is 21.6. The van der Waals surface area contributed by atoms with Gasteiger partial charge in [-0.05, 0) is 54.4 Å². The van der Waals surface area contributed by atoms with Crippen molar-refractivity contribution in [3.63, 3.8) is 0 Å². The van der Waals surface area contributed by atoms with E-state index in [1.165, 1.54) is 11.3 Å². The molecule has 0 aliphatic heterocycles. The maximum atomic E-state index is 11.6. The molecule has 2 rings (SSSR count). The number of anilines is 1. The van der Waals surface area contributed by atoms with Crippen LogP contribution < -0.4 is 14.9 Å². The molecular weight excluding hydrogens is 490 g/mol. The van der Waals surface area contributed by atoms with E-state index in [0.29, 0.717) is 40.0 Å². The van der Waals surface area contributed by atoms with E-state index >= 15 is 0 Å². The third-order valence-corrected chi connectivity index (χ3v) is 4.91. The maximum Gasteiger partial charge on any atom is 0.344 e. The van der Waals surface area contributed by atoms with Gasteiger partial charge in [0.2, 0.25) is 5.13 Å². The molecule has 0 radical (unpaired) electrons. The molecule has 2 aromatic rings. The number of esters is 2. The Morgan fingerprint density at radius 1 is 1.13 bits per heavy atom. The Hall–Kier alpha value is -2.66. The molecule has 0 aliphatic rings. The van der Waals surface area contributed by atoms with Gasteiger partial charge in [-0.1, -0.05) is 0 Å². The second-order valence-corrected chi connectivity index (χ2v) is 7.56. The highest BCUT2D eigenvalue weighted by Gasteiger charge is 2.14. The Morgan fingerprint density at radius 2 is 1.87 bits per heavy atom. The molecule has 1 aromatic heterocycles. The number of nitrogens with one attached hydrogen (secondary N) is 1. The molecule has 168 valence electrons. The van der Waals surface area contributed by atoms with E-state index in [0.717, 1.165) is 5.56 Å². The van der Waals surface area contributed by atoms with Crippen molar-refractivity contribution in [1.29, 1.82) is 0 Å². The van der Waals surface area contributed by atoms with Crippen molar-refractivity contribution in [3.05, 3.63) is 33.2 Å². The van der Waals surface area contributed by atoms with Gasteiger partial charge in [-0.3, -0.25) is 10.2 Å². The number of nitrogens with zero attached hydrogens (tertiary/aromatic N) is 2. The van der Waals surface area contributed by atoms with E-state index in [-0.39, 0.29) is 25.6 Å². The number of benzene rings is 1. The van der Waals surface area contributed by atoms with Crippen LogP contribution in [0.1, 0.15) is 32.0 Å².